The minimum Gasteiger partial charge on any atom is -0.508 e. The molecular formula is C45H45N9O4. The predicted molar refractivity (Wildman–Crippen MR) is 231 cm³/mol. The molecule has 0 atom stereocenters. The SMILES string of the molecule is CN(C)c1ccn2cc(-c3cccc(O)c3)nc2c1.CNc1ccn2cc(-c3ccc(CO)cc3)nc2c1.CNc1ccn2cc(-c3ccc(O)c(OC)c3)nc2c1. The molecule has 0 aliphatic carbocycles. The molecule has 0 aliphatic rings. The first kappa shape index (κ1) is 38.8. The largest absolute Gasteiger partial charge is 0.508 e. The molecule has 0 aliphatic heterocycles. The highest BCUT2D eigenvalue weighted by Gasteiger charge is 2.10. The fourth-order valence-electron chi connectivity index (χ4n) is 6.22. The molecule has 0 spiro atoms. The summed E-state index contributed by atoms with van der Waals surface area (Å²) in [5.41, 5.74) is 12.2. The number of hydrogen-bond acceptors (Lipinski definition) is 10. The van der Waals surface area contributed by atoms with Gasteiger partial charge in [-0.05, 0) is 54.1 Å². The van der Waals surface area contributed by atoms with Gasteiger partial charge in [0.25, 0.3) is 0 Å². The van der Waals surface area contributed by atoms with Gasteiger partial charge < -0.3 is 48.8 Å². The molecule has 0 radical (unpaired) electrons. The first-order valence-electron chi connectivity index (χ1n) is 18.5. The quantitative estimate of drug-likeness (QED) is 0.103. The lowest BCUT2D eigenvalue weighted by Gasteiger charge is -2.11. The zero-order valence-corrected chi connectivity index (χ0v) is 32.9. The van der Waals surface area contributed by atoms with Crippen LogP contribution in [0.2, 0.25) is 0 Å². The average Bonchev–Trinajstić information content (AvgIpc) is 4.00. The Morgan fingerprint density at radius 2 is 1.12 bits per heavy atom. The van der Waals surface area contributed by atoms with Crippen molar-refractivity contribution in [3.63, 3.8) is 0 Å². The van der Waals surface area contributed by atoms with E-state index in [-0.39, 0.29) is 18.1 Å². The minimum absolute atomic E-state index is 0.0664. The van der Waals surface area contributed by atoms with Gasteiger partial charge in [-0.1, -0.05) is 36.4 Å². The monoisotopic (exact) mass is 775 g/mol. The number of fused-ring (bicyclic) bond motifs is 3. The van der Waals surface area contributed by atoms with Gasteiger partial charge in [-0.15, -0.1) is 0 Å². The summed E-state index contributed by atoms with van der Waals surface area (Å²) in [7, 11) is 9.31. The lowest BCUT2D eigenvalue weighted by molar-refractivity contribution is 0.282. The molecule has 6 heterocycles. The number of aromatic nitrogens is 6. The topological polar surface area (TPSA) is 149 Å². The third-order valence-corrected chi connectivity index (χ3v) is 9.51. The molecule has 3 aromatic carbocycles. The van der Waals surface area contributed by atoms with Crippen LogP contribution in [0.25, 0.3) is 50.7 Å². The number of phenolic OH excluding ortho intramolecular Hbond substituents is 2. The number of benzene rings is 3. The molecule has 13 nitrogen and oxygen atoms in total. The molecule has 294 valence electrons. The molecule has 6 aromatic heterocycles. The van der Waals surface area contributed by atoms with Gasteiger partial charge in [0.1, 0.15) is 22.7 Å². The molecule has 0 amide bonds. The zero-order valence-electron chi connectivity index (χ0n) is 32.9. The van der Waals surface area contributed by atoms with Crippen LogP contribution in [0.5, 0.6) is 17.2 Å². The van der Waals surface area contributed by atoms with Crippen molar-refractivity contribution in [2.75, 3.05) is 50.8 Å². The maximum Gasteiger partial charge on any atom is 0.161 e. The second kappa shape index (κ2) is 17.1. The van der Waals surface area contributed by atoms with Crippen molar-refractivity contribution >= 4 is 34.0 Å². The lowest BCUT2D eigenvalue weighted by atomic mass is 10.1. The molecule has 9 aromatic rings. The van der Waals surface area contributed by atoms with E-state index in [0.717, 1.165) is 73.3 Å². The smallest absolute Gasteiger partial charge is 0.161 e. The van der Waals surface area contributed by atoms with E-state index in [0.29, 0.717) is 5.75 Å². The zero-order chi connectivity index (χ0) is 40.8. The van der Waals surface area contributed by atoms with Crippen LogP contribution in [0.3, 0.4) is 0 Å². The fraction of sp³-hybridized carbons (Fsp3) is 0.133. The minimum atomic E-state index is 0.0664. The van der Waals surface area contributed by atoms with Crippen LogP contribution in [0, 0.1) is 0 Å². The summed E-state index contributed by atoms with van der Waals surface area (Å²) in [4.78, 5) is 15.8. The Morgan fingerprint density at radius 1 is 0.603 bits per heavy atom. The highest BCUT2D eigenvalue weighted by atomic mass is 16.5. The number of hydrogen-bond donors (Lipinski definition) is 5. The Balaban J connectivity index is 0.000000132. The van der Waals surface area contributed by atoms with Crippen molar-refractivity contribution in [1.29, 1.82) is 0 Å². The number of nitrogens with zero attached hydrogens (tertiary/aromatic N) is 7. The Hall–Kier alpha value is -7.51. The van der Waals surface area contributed by atoms with Gasteiger partial charge in [-0.2, -0.15) is 0 Å². The first-order valence-corrected chi connectivity index (χ1v) is 18.5. The molecule has 9 rings (SSSR count). The Kier molecular flexibility index (Phi) is 11.4. The Labute approximate surface area is 335 Å². The number of aliphatic hydroxyl groups is 1. The van der Waals surface area contributed by atoms with E-state index in [4.69, 9.17) is 9.84 Å². The van der Waals surface area contributed by atoms with Crippen LogP contribution in [0.15, 0.2) is 140 Å². The van der Waals surface area contributed by atoms with E-state index < -0.39 is 0 Å². The first-order chi connectivity index (χ1) is 28.1. The summed E-state index contributed by atoms with van der Waals surface area (Å²) in [6.07, 6.45) is 11.8. The standard InChI is InChI=1S/C15H15N3O2.2C15H15N3O/c1-16-11-5-6-18-9-12(17-15(18)8-11)10-3-4-13(19)14(7-10)20-2;1-17(2)12-6-7-18-10-14(16-15(18)9-12)11-4-3-5-13(19)8-11;1-16-13-6-7-18-9-14(17-15(18)8-13)12-4-2-11(10-19)3-5-12/h3-9,16,19H,1-2H3;3-10,19H,1-2H3;2-9,16,19H,10H2,1H3. The van der Waals surface area contributed by atoms with Crippen molar-refractivity contribution in [2.24, 2.45) is 0 Å². The second-order valence-corrected chi connectivity index (χ2v) is 13.6. The number of rotatable bonds is 8. The fourth-order valence-corrected chi connectivity index (χ4v) is 6.22. The van der Waals surface area contributed by atoms with E-state index in [1.54, 1.807) is 24.3 Å². The summed E-state index contributed by atoms with van der Waals surface area (Å²) < 4.78 is 11.1. The highest BCUT2D eigenvalue weighted by Crippen LogP contribution is 2.31. The number of aromatic hydroxyl groups is 2. The van der Waals surface area contributed by atoms with E-state index >= 15 is 0 Å². The number of aliphatic hydroxyl groups excluding tert-OH is 1. The number of phenols is 2. The van der Waals surface area contributed by atoms with Gasteiger partial charge in [0.05, 0.1) is 30.8 Å². The van der Waals surface area contributed by atoms with Crippen LogP contribution in [0.4, 0.5) is 17.1 Å². The van der Waals surface area contributed by atoms with Gasteiger partial charge in [0.15, 0.2) is 11.5 Å². The molecule has 0 unspecified atom stereocenters. The highest BCUT2D eigenvalue weighted by molar-refractivity contribution is 5.69. The van der Waals surface area contributed by atoms with Crippen molar-refractivity contribution in [3.05, 3.63) is 146 Å². The molecule has 0 fully saturated rings. The number of ether oxygens (including phenoxy) is 1. The van der Waals surface area contributed by atoms with E-state index in [9.17, 15) is 10.2 Å². The summed E-state index contributed by atoms with van der Waals surface area (Å²) in [6.45, 7) is 0.0664. The lowest BCUT2D eigenvalue weighted by Crippen LogP contribution is -2.08. The molecular weight excluding hydrogens is 731 g/mol. The van der Waals surface area contributed by atoms with E-state index in [1.165, 1.54) is 7.11 Å². The van der Waals surface area contributed by atoms with Gasteiger partial charge >= 0.3 is 0 Å². The number of methoxy groups -OCH3 is 1. The van der Waals surface area contributed by atoms with Crippen LogP contribution < -0.4 is 20.3 Å². The van der Waals surface area contributed by atoms with Crippen molar-refractivity contribution in [2.45, 2.75) is 6.61 Å². The van der Waals surface area contributed by atoms with E-state index in [1.807, 2.05) is 162 Å². The van der Waals surface area contributed by atoms with Crippen molar-refractivity contribution in [3.8, 4) is 51.0 Å². The van der Waals surface area contributed by atoms with Gasteiger partial charge in [-0.25, -0.2) is 15.0 Å². The third kappa shape index (κ3) is 8.64. The second-order valence-electron chi connectivity index (χ2n) is 13.6. The van der Waals surface area contributed by atoms with Crippen LogP contribution in [0.1, 0.15) is 5.56 Å². The number of imidazole rings is 3. The number of pyridine rings is 3. The van der Waals surface area contributed by atoms with Gasteiger partial charge in [-0.3, -0.25) is 0 Å². The average molecular weight is 776 g/mol. The molecule has 0 bridgehead atoms. The predicted octanol–water partition coefficient (Wildman–Crippen LogP) is 8.07. The van der Waals surface area contributed by atoms with Crippen LogP contribution >= 0.6 is 0 Å². The van der Waals surface area contributed by atoms with E-state index in [2.05, 4.69) is 25.6 Å². The third-order valence-electron chi connectivity index (χ3n) is 9.51. The summed E-state index contributed by atoms with van der Waals surface area (Å²) in [5, 5.41) is 34.4. The maximum atomic E-state index is 9.63. The van der Waals surface area contributed by atoms with Crippen LogP contribution in [-0.2, 0) is 6.61 Å². The molecule has 0 saturated heterocycles. The molecule has 0 saturated carbocycles. The number of anilines is 3. The van der Waals surface area contributed by atoms with Crippen LogP contribution in [-0.4, -0.2) is 78.8 Å². The molecule has 58 heavy (non-hydrogen) atoms. The van der Waals surface area contributed by atoms with Crippen molar-refractivity contribution < 1.29 is 20.1 Å². The summed E-state index contributed by atoms with van der Waals surface area (Å²) in [6, 6.07) is 32.2. The summed E-state index contributed by atoms with van der Waals surface area (Å²) >= 11 is 0. The maximum absolute atomic E-state index is 9.63. The summed E-state index contributed by atoms with van der Waals surface area (Å²) in [5.74, 6) is 0.816. The van der Waals surface area contributed by atoms with Gasteiger partial charge in [0.2, 0.25) is 0 Å². The Morgan fingerprint density at radius 3 is 1.64 bits per heavy atom. The Bertz CT molecular complexity index is 2810. The number of nitrogens with one attached hydrogen (secondary N) is 2. The molecule has 5 N–H and O–H groups in total. The normalized spacial score (nSPS) is 10.8. The van der Waals surface area contributed by atoms with Crippen molar-refractivity contribution in [1.82, 2.24) is 28.2 Å². The molecule has 13 heteroatoms. The van der Waals surface area contributed by atoms with Gasteiger partial charge in [0, 0.05) is 117 Å².